The number of benzene rings is 2. The fourth-order valence-electron chi connectivity index (χ4n) is 3.93. The molecule has 0 amide bonds. The van der Waals surface area contributed by atoms with E-state index in [1.165, 1.54) is 0 Å². The highest BCUT2D eigenvalue weighted by atomic mass is 32.2. The number of ether oxygens (including phenoxy) is 2. The molecule has 0 spiro atoms. The highest BCUT2D eigenvalue weighted by molar-refractivity contribution is 7.89. The lowest BCUT2D eigenvalue weighted by molar-refractivity contribution is 0.0391. The summed E-state index contributed by atoms with van der Waals surface area (Å²) in [6.45, 7) is 10.2. The quantitative estimate of drug-likeness (QED) is 0.439. The van der Waals surface area contributed by atoms with Crippen LogP contribution in [0.1, 0.15) is 11.1 Å². The number of hydrogen-bond acceptors (Lipinski definition) is 8. The largest absolute Gasteiger partial charge is 0.379 e. The molecule has 1 saturated heterocycles. The van der Waals surface area contributed by atoms with Gasteiger partial charge in [-0.25, -0.2) is 26.3 Å². The van der Waals surface area contributed by atoms with E-state index in [1.807, 2.05) is 13.8 Å². The highest BCUT2D eigenvalue weighted by Crippen LogP contribution is 2.10. The van der Waals surface area contributed by atoms with Crippen LogP contribution in [-0.2, 0) is 29.5 Å². The lowest BCUT2D eigenvalue weighted by atomic mass is 10.2. The molecule has 1 aliphatic heterocycles. The van der Waals surface area contributed by atoms with Crippen LogP contribution in [0, 0.1) is 13.8 Å². The maximum absolute atomic E-state index is 12.5. The first kappa shape index (κ1) is 30.6. The Bertz CT molecular complexity index is 1080. The fourth-order valence-corrected chi connectivity index (χ4v) is 5.97. The normalized spacial score (nSPS) is 17.5. The van der Waals surface area contributed by atoms with Crippen molar-refractivity contribution < 1.29 is 26.3 Å². The Labute approximate surface area is 227 Å². The minimum Gasteiger partial charge on any atom is -0.379 e. The van der Waals surface area contributed by atoms with Crippen LogP contribution >= 0.6 is 0 Å². The molecule has 1 heterocycles. The second-order valence-electron chi connectivity index (χ2n) is 9.33. The number of nitrogens with one attached hydrogen (secondary N) is 2. The molecular weight excluding hydrogens is 528 g/mol. The third-order valence-corrected chi connectivity index (χ3v) is 9.26. The van der Waals surface area contributed by atoms with Crippen molar-refractivity contribution in [2.75, 3.05) is 78.8 Å². The molecule has 1 aliphatic rings. The van der Waals surface area contributed by atoms with Crippen molar-refractivity contribution in [2.45, 2.75) is 23.6 Å². The SMILES string of the molecule is Cc1ccc(S(=O)(=O)NCCN2CCOCCN(CCNS(=O)(=O)c3ccc(C)cc3)CCOCC2)cc1. The summed E-state index contributed by atoms with van der Waals surface area (Å²) in [6, 6.07) is 13.6. The van der Waals surface area contributed by atoms with Gasteiger partial charge < -0.3 is 9.47 Å². The van der Waals surface area contributed by atoms with Gasteiger partial charge in [-0.2, -0.15) is 0 Å². The average Bonchev–Trinajstić information content (AvgIpc) is 2.86. The summed E-state index contributed by atoms with van der Waals surface area (Å²) >= 11 is 0. The number of aryl methyl sites for hydroxylation is 2. The fraction of sp³-hybridized carbons (Fsp3) is 0.538. The van der Waals surface area contributed by atoms with Gasteiger partial charge in [0.15, 0.2) is 0 Å². The van der Waals surface area contributed by atoms with Gasteiger partial charge in [0.1, 0.15) is 0 Å². The molecule has 0 aromatic heterocycles. The predicted octanol–water partition coefficient (Wildman–Crippen LogP) is 1.21. The van der Waals surface area contributed by atoms with Crippen LogP contribution in [0.3, 0.4) is 0 Å². The molecular formula is C26H40N4O6S2. The Balaban J connectivity index is 1.38. The molecule has 1 fully saturated rings. The van der Waals surface area contributed by atoms with Gasteiger partial charge in [-0.1, -0.05) is 35.4 Å². The molecule has 0 aliphatic carbocycles. The van der Waals surface area contributed by atoms with Gasteiger partial charge in [0, 0.05) is 52.4 Å². The molecule has 2 N–H and O–H groups in total. The molecule has 0 unspecified atom stereocenters. The van der Waals surface area contributed by atoms with Gasteiger partial charge in [-0.15, -0.1) is 0 Å². The van der Waals surface area contributed by atoms with E-state index >= 15 is 0 Å². The van der Waals surface area contributed by atoms with E-state index < -0.39 is 20.0 Å². The maximum Gasteiger partial charge on any atom is 0.240 e. The number of rotatable bonds is 10. The summed E-state index contributed by atoms with van der Waals surface area (Å²) < 4.78 is 67.0. The minimum atomic E-state index is -3.55. The van der Waals surface area contributed by atoms with E-state index in [1.54, 1.807) is 48.5 Å². The maximum atomic E-state index is 12.5. The van der Waals surface area contributed by atoms with E-state index in [4.69, 9.17) is 9.47 Å². The van der Waals surface area contributed by atoms with Crippen molar-refractivity contribution >= 4 is 20.0 Å². The smallest absolute Gasteiger partial charge is 0.240 e. The first-order chi connectivity index (χ1) is 18.2. The third-order valence-electron chi connectivity index (χ3n) is 6.31. The van der Waals surface area contributed by atoms with Crippen LogP contribution in [0.25, 0.3) is 0 Å². The molecule has 2 aromatic rings. The lowest BCUT2D eigenvalue weighted by Gasteiger charge is -2.26. The number of hydrogen-bond donors (Lipinski definition) is 2. The molecule has 10 nitrogen and oxygen atoms in total. The summed E-state index contributed by atoms with van der Waals surface area (Å²) in [5.41, 5.74) is 2.02. The molecule has 0 saturated carbocycles. The van der Waals surface area contributed by atoms with Crippen LogP contribution in [0.5, 0.6) is 0 Å². The monoisotopic (exact) mass is 568 g/mol. The van der Waals surface area contributed by atoms with Crippen molar-refractivity contribution in [1.29, 1.82) is 0 Å². The standard InChI is InChI=1S/C26H40N4O6S2/c1-23-3-7-25(8-4-23)37(31,32)27-11-13-29-15-19-35-21-17-30(18-22-36-20-16-29)14-12-28-38(33,34)26-9-5-24(2)6-10-26/h3-10,27-28H,11-22H2,1-2H3. The highest BCUT2D eigenvalue weighted by Gasteiger charge is 2.16. The van der Waals surface area contributed by atoms with Crippen molar-refractivity contribution in [3.63, 3.8) is 0 Å². The van der Waals surface area contributed by atoms with Crippen molar-refractivity contribution in [3.05, 3.63) is 59.7 Å². The van der Waals surface area contributed by atoms with Crippen LogP contribution in [0.4, 0.5) is 0 Å². The number of nitrogens with zero attached hydrogens (tertiary/aromatic N) is 2. The summed E-state index contributed by atoms with van der Waals surface area (Å²) in [5, 5.41) is 0. The first-order valence-electron chi connectivity index (χ1n) is 12.9. The second kappa shape index (κ2) is 15.0. The molecule has 212 valence electrons. The van der Waals surface area contributed by atoms with Gasteiger partial charge in [-0.3, -0.25) is 9.80 Å². The van der Waals surface area contributed by atoms with Crippen LogP contribution < -0.4 is 9.44 Å². The third kappa shape index (κ3) is 10.3. The molecule has 12 heteroatoms. The molecule has 0 atom stereocenters. The van der Waals surface area contributed by atoms with Crippen LogP contribution in [0.15, 0.2) is 58.3 Å². The zero-order valence-corrected chi connectivity index (χ0v) is 23.9. The van der Waals surface area contributed by atoms with Crippen LogP contribution in [0.2, 0.25) is 0 Å². The lowest BCUT2D eigenvalue weighted by Crippen LogP contribution is -2.41. The van der Waals surface area contributed by atoms with Gasteiger partial charge in [0.05, 0.1) is 36.2 Å². The Morgan fingerprint density at radius 3 is 1.24 bits per heavy atom. The summed E-state index contributed by atoms with van der Waals surface area (Å²) in [6.07, 6.45) is 0. The topological polar surface area (TPSA) is 117 Å². The zero-order valence-electron chi connectivity index (χ0n) is 22.3. The van der Waals surface area contributed by atoms with E-state index in [9.17, 15) is 16.8 Å². The summed E-state index contributed by atoms with van der Waals surface area (Å²) in [7, 11) is -7.09. The Hall–Kier alpha value is -1.90. The van der Waals surface area contributed by atoms with Crippen LogP contribution in [-0.4, -0.2) is 105 Å². The second-order valence-corrected chi connectivity index (χ2v) is 12.9. The molecule has 3 rings (SSSR count). The Kier molecular flexibility index (Phi) is 12.1. The van der Waals surface area contributed by atoms with Gasteiger partial charge in [0.25, 0.3) is 0 Å². The summed E-state index contributed by atoms with van der Waals surface area (Å²) in [5.74, 6) is 0. The Morgan fingerprint density at radius 1 is 0.605 bits per heavy atom. The van der Waals surface area contributed by atoms with Gasteiger partial charge >= 0.3 is 0 Å². The molecule has 38 heavy (non-hydrogen) atoms. The van der Waals surface area contributed by atoms with E-state index in [0.717, 1.165) is 11.1 Å². The average molecular weight is 569 g/mol. The van der Waals surface area contributed by atoms with E-state index in [-0.39, 0.29) is 9.79 Å². The van der Waals surface area contributed by atoms with E-state index in [0.29, 0.717) is 78.8 Å². The van der Waals surface area contributed by atoms with Gasteiger partial charge in [-0.05, 0) is 38.1 Å². The zero-order chi connectivity index (χ0) is 27.4. The van der Waals surface area contributed by atoms with Gasteiger partial charge in [0.2, 0.25) is 20.0 Å². The number of sulfonamides is 2. The first-order valence-corrected chi connectivity index (χ1v) is 15.9. The molecule has 2 aromatic carbocycles. The van der Waals surface area contributed by atoms with E-state index in [2.05, 4.69) is 19.2 Å². The predicted molar refractivity (Wildman–Crippen MR) is 147 cm³/mol. The molecule has 0 radical (unpaired) electrons. The van der Waals surface area contributed by atoms with Crippen molar-refractivity contribution in [2.24, 2.45) is 0 Å². The Morgan fingerprint density at radius 2 is 0.921 bits per heavy atom. The van der Waals surface area contributed by atoms with Crippen molar-refractivity contribution in [1.82, 2.24) is 19.2 Å². The summed E-state index contributed by atoms with van der Waals surface area (Å²) in [4.78, 5) is 4.76. The minimum absolute atomic E-state index is 0.260. The van der Waals surface area contributed by atoms with Crippen molar-refractivity contribution in [3.8, 4) is 0 Å². The molecule has 0 bridgehead atoms.